The zero-order chi connectivity index (χ0) is 27.9. The minimum absolute atomic E-state index is 0.116. The van der Waals surface area contributed by atoms with Crippen molar-refractivity contribution in [1.82, 2.24) is 14.8 Å². The third-order valence-electron chi connectivity index (χ3n) is 7.48. The van der Waals surface area contributed by atoms with E-state index >= 15 is 0 Å². The van der Waals surface area contributed by atoms with Crippen molar-refractivity contribution < 1.29 is 13.9 Å². The fraction of sp³-hybridized carbons (Fsp3) is 0.281. The maximum atomic E-state index is 14.2. The van der Waals surface area contributed by atoms with Gasteiger partial charge in [0, 0.05) is 23.4 Å². The number of Topliss-reactive ketones (excluding diaryl/α,β-unsaturated/α-hetero) is 1. The number of ether oxygens (including phenoxy) is 1. The zero-order valence-electron chi connectivity index (χ0n) is 22.8. The largest absolute Gasteiger partial charge is 0.489 e. The van der Waals surface area contributed by atoms with Crippen LogP contribution in [-0.4, -0.2) is 20.5 Å². The van der Waals surface area contributed by atoms with Gasteiger partial charge in [-0.2, -0.15) is 4.98 Å². The number of nitrogens with one attached hydrogen (secondary N) is 1. The number of fused-ring (bicyclic) bond motifs is 1. The molecular formula is C32H31FN4O2S. The molecule has 1 aliphatic heterocycles. The Morgan fingerprint density at radius 3 is 2.50 bits per heavy atom. The number of allylic oxidation sites excluding steroid dienone is 2. The Labute approximate surface area is 237 Å². The SMILES string of the molecule is Cc1ccccc1COc1ccc(C2C3=C(CC(C)(C)CC3=O)Nc3nc(SCc4ccccc4F)nn32)cc1. The molecule has 8 heteroatoms. The second kappa shape index (κ2) is 10.6. The number of benzene rings is 3. The van der Waals surface area contributed by atoms with Crippen LogP contribution in [0.1, 0.15) is 55.0 Å². The highest BCUT2D eigenvalue weighted by Crippen LogP contribution is 2.46. The van der Waals surface area contributed by atoms with Crippen LogP contribution in [0.25, 0.3) is 0 Å². The van der Waals surface area contributed by atoms with Gasteiger partial charge >= 0.3 is 0 Å². The lowest BCUT2D eigenvalue weighted by molar-refractivity contribution is -0.118. The molecule has 3 aromatic carbocycles. The first-order chi connectivity index (χ1) is 19.3. The first-order valence-corrected chi connectivity index (χ1v) is 14.4. The highest BCUT2D eigenvalue weighted by atomic mass is 32.2. The number of rotatable bonds is 7. The molecule has 6 nitrogen and oxygen atoms in total. The van der Waals surface area contributed by atoms with E-state index < -0.39 is 6.04 Å². The van der Waals surface area contributed by atoms with Gasteiger partial charge in [-0.3, -0.25) is 4.79 Å². The highest BCUT2D eigenvalue weighted by molar-refractivity contribution is 7.98. The van der Waals surface area contributed by atoms with Gasteiger partial charge in [0.05, 0.1) is 0 Å². The van der Waals surface area contributed by atoms with E-state index in [9.17, 15) is 9.18 Å². The highest BCUT2D eigenvalue weighted by Gasteiger charge is 2.41. The summed E-state index contributed by atoms with van der Waals surface area (Å²) in [6.45, 7) is 6.78. The maximum absolute atomic E-state index is 14.2. The molecule has 2 aliphatic rings. The molecule has 2 heterocycles. The topological polar surface area (TPSA) is 69.0 Å². The minimum Gasteiger partial charge on any atom is -0.489 e. The number of hydrogen-bond donors (Lipinski definition) is 1. The van der Waals surface area contributed by atoms with Crippen molar-refractivity contribution in [2.75, 3.05) is 5.32 Å². The number of carbonyl (C=O) groups is 1. The molecule has 1 atom stereocenters. The Morgan fingerprint density at radius 2 is 1.75 bits per heavy atom. The molecule has 0 saturated carbocycles. The van der Waals surface area contributed by atoms with Gasteiger partial charge in [-0.1, -0.05) is 80.2 Å². The van der Waals surface area contributed by atoms with Gasteiger partial charge in [-0.15, -0.1) is 5.10 Å². The Morgan fingerprint density at radius 1 is 1.02 bits per heavy atom. The summed E-state index contributed by atoms with van der Waals surface area (Å²) in [5.41, 5.74) is 5.35. The van der Waals surface area contributed by atoms with E-state index in [0.29, 0.717) is 35.4 Å². The normalized spacial score (nSPS) is 17.7. The molecule has 1 aromatic heterocycles. The number of aryl methyl sites for hydroxylation is 1. The predicted molar refractivity (Wildman–Crippen MR) is 155 cm³/mol. The van der Waals surface area contributed by atoms with Crippen molar-refractivity contribution in [3.05, 3.63) is 112 Å². The van der Waals surface area contributed by atoms with Gasteiger partial charge in [0.2, 0.25) is 11.1 Å². The molecule has 1 aliphatic carbocycles. The molecule has 0 saturated heterocycles. The third-order valence-corrected chi connectivity index (χ3v) is 8.37. The van der Waals surface area contributed by atoms with Crippen LogP contribution in [0.3, 0.4) is 0 Å². The quantitative estimate of drug-likeness (QED) is 0.243. The molecule has 6 rings (SSSR count). The lowest BCUT2D eigenvalue weighted by atomic mass is 9.73. The average Bonchev–Trinajstić information content (AvgIpc) is 3.33. The van der Waals surface area contributed by atoms with E-state index in [0.717, 1.165) is 34.6 Å². The third kappa shape index (κ3) is 5.28. The molecule has 40 heavy (non-hydrogen) atoms. The molecule has 1 unspecified atom stereocenters. The number of hydrogen-bond acceptors (Lipinski definition) is 6. The monoisotopic (exact) mass is 554 g/mol. The summed E-state index contributed by atoms with van der Waals surface area (Å²) in [7, 11) is 0. The number of halogens is 1. The average molecular weight is 555 g/mol. The van der Waals surface area contributed by atoms with Gasteiger partial charge in [-0.05, 0) is 59.2 Å². The van der Waals surface area contributed by atoms with E-state index in [4.69, 9.17) is 14.8 Å². The van der Waals surface area contributed by atoms with Crippen LogP contribution in [0.2, 0.25) is 0 Å². The van der Waals surface area contributed by atoms with Gasteiger partial charge in [0.25, 0.3) is 0 Å². The lowest BCUT2D eigenvalue weighted by Crippen LogP contribution is -2.36. The zero-order valence-corrected chi connectivity index (χ0v) is 23.6. The van der Waals surface area contributed by atoms with Crippen LogP contribution in [0.5, 0.6) is 5.75 Å². The van der Waals surface area contributed by atoms with Gasteiger partial charge < -0.3 is 10.1 Å². The van der Waals surface area contributed by atoms with Crippen LogP contribution in [0.15, 0.2) is 89.2 Å². The minimum atomic E-state index is -0.407. The van der Waals surface area contributed by atoms with E-state index in [1.807, 2.05) is 42.5 Å². The Kier molecular flexibility index (Phi) is 6.96. The maximum Gasteiger partial charge on any atom is 0.227 e. The number of aromatic nitrogens is 3. The standard InChI is InChI=1S/C32H31FN4O2S/c1-20-8-4-5-9-22(20)18-39-24-14-12-21(13-15-24)29-28-26(16-32(2,3)17-27(28)38)34-30-35-31(36-37(29)30)40-19-23-10-6-7-11-25(23)33/h4-15,29H,16-19H2,1-3H3,(H,34,35,36). The smallest absolute Gasteiger partial charge is 0.227 e. The summed E-state index contributed by atoms with van der Waals surface area (Å²) in [5.74, 6) is 1.62. The van der Waals surface area contributed by atoms with Crippen molar-refractivity contribution in [3.63, 3.8) is 0 Å². The first kappa shape index (κ1) is 26.3. The summed E-state index contributed by atoms with van der Waals surface area (Å²) in [6, 6.07) is 22.4. The molecule has 0 bridgehead atoms. The van der Waals surface area contributed by atoms with Crippen molar-refractivity contribution in [2.45, 2.75) is 57.2 Å². The molecular weight excluding hydrogens is 523 g/mol. The molecule has 0 amide bonds. The molecule has 0 radical (unpaired) electrons. The summed E-state index contributed by atoms with van der Waals surface area (Å²) in [5, 5.41) is 8.72. The first-order valence-electron chi connectivity index (χ1n) is 13.4. The van der Waals surface area contributed by atoms with E-state index in [2.05, 4.69) is 38.2 Å². The van der Waals surface area contributed by atoms with Crippen LogP contribution in [0.4, 0.5) is 10.3 Å². The number of thioether (sulfide) groups is 1. The lowest BCUT2D eigenvalue weighted by Gasteiger charge is -2.38. The van der Waals surface area contributed by atoms with Crippen LogP contribution >= 0.6 is 11.8 Å². The second-order valence-corrected chi connectivity index (χ2v) is 12.1. The van der Waals surface area contributed by atoms with Gasteiger partial charge in [0.15, 0.2) is 5.78 Å². The molecule has 0 spiro atoms. The summed E-state index contributed by atoms with van der Waals surface area (Å²) >= 11 is 1.37. The van der Waals surface area contributed by atoms with Crippen molar-refractivity contribution in [3.8, 4) is 5.75 Å². The molecule has 1 N–H and O–H groups in total. The Bertz CT molecular complexity index is 1610. The Balaban J connectivity index is 1.30. The van der Waals surface area contributed by atoms with Gasteiger partial charge in [0.1, 0.15) is 24.2 Å². The number of nitrogens with zero attached hydrogens (tertiary/aromatic N) is 3. The Hall–Kier alpha value is -3.91. The number of ketones is 1. The number of anilines is 1. The molecule has 0 fully saturated rings. The summed E-state index contributed by atoms with van der Waals surface area (Å²) in [4.78, 5) is 18.3. The molecule has 4 aromatic rings. The molecule has 204 valence electrons. The number of carbonyl (C=O) groups excluding carboxylic acids is 1. The van der Waals surface area contributed by atoms with Crippen LogP contribution in [-0.2, 0) is 17.2 Å². The van der Waals surface area contributed by atoms with Crippen LogP contribution in [0, 0.1) is 18.2 Å². The van der Waals surface area contributed by atoms with E-state index in [1.165, 1.54) is 23.4 Å². The van der Waals surface area contributed by atoms with Crippen molar-refractivity contribution in [2.24, 2.45) is 5.41 Å². The van der Waals surface area contributed by atoms with Crippen molar-refractivity contribution in [1.29, 1.82) is 0 Å². The fourth-order valence-corrected chi connectivity index (χ4v) is 6.21. The van der Waals surface area contributed by atoms with Crippen molar-refractivity contribution >= 4 is 23.5 Å². The summed E-state index contributed by atoms with van der Waals surface area (Å²) < 4.78 is 22.1. The second-order valence-electron chi connectivity index (χ2n) is 11.2. The predicted octanol–water partition coefficient (Wildman–Crippen LogP) is 7.26. The fourth-order valence-electron chi connectivity index (χ4n) is 5.40. The van der Waals surface area contributed by atoms with Gasteiger partial charge in [-0.25, -0.2) is 9.07 Å². The van der Waals surface area contributed by atoms with E-state index in [1.54, 1.807) is 16.8 Å². The van der Waals surface area contributed by atoms with E-state index in [-0.39, 0.29) is 17.0 Å². The van der Waals surface area contributed by atoms with Crippen LogP contribution < -0.4 is 10.1 Å². The summed E-state index contributed by atoms with van der Waals surface area (Å²) in [6.07, 6.45) is 1.22.